The predicted molar refractivity (Wildman–Crippen MR) is 66.6 cm³/mol. The van der Waals surface area contributed by atoms with E-state index in [0.717, 1.165) is 23.0 Å². The molecule has 1 atom stereocenters. The van der Waals surface area contributed by atoms with E-state index in [9.17, 15) is 4.79 Å². The van der Waals surface area contributed by atoms with Crippen LogP contribution in [0.5, 0.6) is 0 Å². The lowest BCUT2D eigenvalue weighted by atomic mass is 9.90. The maximum atomic E-state index is 11.1. The molecular formula is C13H15N3O. The van der Waals surface area contributed by atoms with Crippen molar-refractivity contribution < 1.29 is 0 Å². The Hall–Kier alpha value is -2.02. The van der Waals surface area contributed by atoms with Crippen molar-refractivity contribution in [2.75, 3.05) is 0 Å². The smallest absolute Gasteiger partial charge is 0.306 e. The molecule has 4 heteroatoms. The van der Waals surface area contributed by atoms with Crippen LogP contribution in [0.1, 0.15) is 19.4 Å². The van der Waals surface area contributed by atoms with Gasteiger partial charge in [0.2, 0.25) is 0 Å². The minimum atomic E-state index is -0.196. The van der Waals surface area contributed by atoms with E-state index in [1.54, 1.807) is 0 Å². The molecular weight excluding hydrogens is 214 g/mol. The number of imidazole rings is 1. The summed E-state index contributed by atoms with van der Waals surface area (Å²) in [5, 5.41) is 9.06. The molecule has 2 aromatic rings. The molecule has 0 saturated heterocycles. The molecule has 2 N–H and O–H groups in total. The summed E-state index contributed by atoms with van der Waals surface area (Å²) >= 11 is 0. The van der Waals surface area contributed by atoms with Crippen LogP contribution in [0.15, 0.2) is 23.0 Å². The van der Waals surface area contributed by atoms with Gasteiger partial charge in [-0.15, -0.1) is 0 Å². The van der Waals surface area contributed by atoms with E-state index in [4.69, 9.17) is 5.26 Å². The Morgan fingerprint density at radius 1 is 1.29 bits per heavy atom. The quantitative estimate of drug-likeness (QED) is 0.846. The summed E-state index contributed by atoms with van der Waals surface area (Å²) < 4.78 is 0. The van der Waals surface area contributed by atoms with E-state index in [-0.39, 0.29) is 11.6 Å². The maximum Gasteiger partial charge on any atom is 0.323 e. The van der Waals surface area contributed by atoms with Crippen molar-refractivity contribution in [3.05, 3.63) is 34.2 Å². The molecule has 0 fully saturated rings. The number of benzene rings is 1. The van der Waals surface area contributed by atoms with Gasteiger partial charge in [-0.05, 0) is 30.0 Å². The van der Waals surface area contributed by atoms with Gasteiger partial charge in [0.15, 0.2) is 0 Å². The Labute approximate surface area is 99.3 Å². The summed E-state index contributed by atoms with van der Waals surface area (Å²) in [7, 11) is 0. The molecule has 1 aromatic heterocycles. The Morgan fingerprint density at radius 3 is 2.65 bits per heavy atom. The molecule has 1 unspecified atom stereocenters. The van der Waals surface area contributed by atoms with Crippen LogP contribution in [0, 0.1) is 23.2 Å². The normalized spacial score (nSPS) is 12.8. The number of hydrogen-bond acceptors (Lipinski definition) is 2. The number of nitriles is 1. The monoisotopic (exact) mass is 229 g/mol. The zero-order valence-corrected chi connectivity index (χ0v) is 9.95. The van der Waals surface area contributed by atoms with E-state index in [1.165, 1.54) is 0 Å². The number of H-pyrrole nitrogens is 2. The molecule has 17 heavy (non-hydrogen) atoms. The minimum absolute atomic E-state index is 0.0121. The Bertz CT molecular complexity index is 615. The first-order chi connectivity index (χ1) is 8.10. The van der Waals surface area contributed by atoms with Gasteiger partial charge in [-0.25, -0.2) is 4.79 Å². The van der Waals surface area contributed by atoms with Crippen molar-refractivity contribution in [3.63, 3.8) is 0 Å². The number of hydrogen-bond donors (Lipinski definition) is 2. The van der Waals surface area contributed by atoms with Crippen LogP contribution in [0.25, 0.3) is 11.0 Å². The van der Waals surface area contributed by atoms with Gasteiger partial charge >= 0.3 is 5.69 Å². The van der Waals surface area contributed by atoms with Crippen LogP contribution in [-0.4, -0.2) is 9.97 Å². The second kappa shape index (κ2) is 4.46. The lowest BCUT2D eigenvalue weighted by molar-refractivity contribution is 0.474. The van der Waals surface area contributed by atoms with E-state index >= 15 is 0 Å². The molecule has 0 spiro atoms. The molecule has 0 amide bonds. The third-order valence-electron chi connectivity index (χ3n) is 3.01. The molecule has 1 aromatic carbocycles. The van der Waals surface area contributed by atoms with Crippen LogP contribution < -0.4 is 5.69 Å². The summed E-state index contributed by atoms with van der Waals surface area (Å²) in [6, 6.07) is 8.08. The average molecular weight is 229 g/mol. The van der Waals surface area contributed by atoms with E-state index in [0.29, 0.717) is 5.92 Å². The van der Waals surface area contributed by atoms with E-state index < -0.39 is 0 Å². The largest absolute Gasteiger partial charge is 0.323 e. The first-order valence-corrected chi connectivity index (χ1v) is 5.70. The summed E-state index contributed by atoms with van der Waals surface area (Å²) in [6.45, 7) is 4.09. The van der Waals surface area contributed by atoms with Crippen LogP contribution in [-0.2, 0) is 6.42 Å². The van der Waals surface area contributed by atoms with Crippen molar-refractivity contribution in [2.24, 2.45) is 11.8 Å². The fraction of sp³-hybridized carbons (Fsp3) is 0.385. The zero-order valence-electron chi connectivity index (χ0n) is 9.95. The fourth-order valence-electron chi connectivity index (χ4n) is 1.89. The van der Waals surface area contributed by atoms with Gasteiger partial charge < -0.3 is 9.97 Å². The molecule has 0 aliphatic carbocycles. The Balaban J connectivity index is 2.30. The fourth-order valence-corrected chi connectivity index (χ4v) is 1.89. The number of aromatic amines is 2. The Kier molecular flexibility index (Phi) is 3.01. The number of aromatic nitrogens is 2. The highest BCUT2D eigenvalue weighted by Gasteiger charge is 2.13. The van der Waals surface area contributed by atoms with E-state index in [1.807, 2.05) is 32.0 Å². The van der Waals surface area contributed by atoms with Gasteiger partial charge in [-0.1, -0.05) is 19.9 Å². The third-order valence-corrected chi connectivity index (χ3v) is 3.01. The summed E-state index contributed by atoms with van der Waals surface area (Å²) in [6.07, 6.45) is 0.720. The highest BCUT2D eigenvalue weighted by molar-refractivity contribution is 5.75. The molecule has 0 bridgehead atoms. The molecule has 2 rings (SSSR count). The highest BCUT2D eigenvalue weighted by atomic mass is 16.1. The summed E-state index contributed by atoms with van der Waals surface area (Å²) in [5.41, 5.74) is 2.48. The number of nitrogens with zero attached hydrogens (tertiary/aromatic N) is 1. The van der Waals surface area contributed by atoms with Gasteiger partial charge in [0.25, 0.3) is 0 Å². The molecule has 0 radical (unpaired) electrons. The SMILES string of the molecule is CC(C)C(C#N)Cc1ccc2[nH]c(=O)[nH]c2c1. The lowest BCUT2D eigenvalue weighted by Crippen LogP contribution is -2.09. The first-order valence-electron chi connectivity index (χ1n) is 5.70. The standard InChI is InChI=1S/C13H15N3O/c1-8(2)10(7-14)5-9-3-4-11-12(6-9)16-13(17)15-11/h3-4,6,8,10H,5H2,1-2H3,(H2,15,16,17). The molecule has 88 valence electrons. The second-order valence-corrected chi connectivity index (χ2v) is 4.64. The minimum Gasteiger partial charge on any atom is -0.306 e. The highest BCUT2D eigenvalue weighted by Crippen LogP contribution is 2.18. The lowest BCUT2D eigenvalue weighted by Gasteiger charge is -2.12. The van der Waals surface area contributed by atoms with E-state index in [2.05, 4.69) is 16.0 Å². The van der Waals surface area contributed by atoms with Crippen molar-refractivity contribution in [1.82, 2.24) is 9.97 Å². The van der Waals surface area contributed by atoms with Crippen LogP contribution in [0.2, 0.25) is 0 Å². The first kappa shape index (κ1) is 11.5. The van der Waals surface area contributed by atoms with Gasteiger partial charge in [-0.2, -0.15) is 5.26 Å². The average Bonchev–Trinajstić information content (AvgIpc) is 2.64. The van der Waals surface area contributed by atoms with Gasteiger partial charge in [0.1, 0.15) is 0 Å². The van der Waals surface area contributed by atoms with Gasteiger partial charge in [-0.3, -0.25) is 0 Å². The van der Waals surface area contributed by atoms with Gasteiger partial charge in [0.05, 0.1) is 23.0 Å². The molecule has 0 saturated carbocycles. The van der Waals surface area contributed by atoms with Crippen molar-refractivity contribution in [3.8, 4) is 6.07 Å². The summed E-state index contributed by atoms with van der Waals surface area (Å²) in [5.74, 6) is 0.346. The molecule has 0 aliphatic heterocycles. The number of fused-ring (bicyclic) bond motifs is 1. The van der Waals surface area contributed by atoms with Gasteiger partial charge in [0, 0.05) is 0 Å². The van der Waals surface area contributed by atoms with Crippen LogP contribution >= 0.6 is 0 Å². The second-order valence-electron chi connectivity index (χ2n) is 4.64. The van der Waals surface area contributed by atoms with Crippen molar-refractivity contribution in [2.45, 2.75) is 20.3 Å². The predicted octanol–water partition coefficient (Wildman–Crippen LogP) is 2.19. The maximum absolute atomic E-state index is 11.1. The Morgan fingerprint density at radius 2 is 2.00 bits per heavy atom. The number of nitrogens with one attached hydrogen (secondary N) is 2. The number of rotatable bonds is 3. The van der Waals surface area contributed by atoms with Crippen LogP contribution in [0.4, 0.5) is 0 Å². The van der Waals surface area contributed by atoms with Crippen LogP contribution in [0.3, 0.4) is 0 Å². The third kappa shape index (κ3) is 2.39. The molecule has 4 nitrogen and oxygen atoms in total. The van der Waals surface area contributed by atoms with Crippen molar-refractivity contribution in [1.29, 1.82) is 5.26 Å². The summed E-state index contributed by atoms with van der Waals surface area (Å²) in [4.78, 5) is 16.5. The molecule has 1 heterocycles. The van der Waals surface area contributed by atoms with Crippen molar-refractivity contribution >= 4 is 11.0 Å². The molecule has 0 aliphatic rings. The topological polar surface area (TPSA) is 72.4 Å². The zero-order chi connectivity index (χ0) is 12.4.